The number of hydrogen-bond acceptors (Lipinski definition) is 3. The maximum atomic E-state index is 8.46. The van der Waals surface area contributed by atoms with Gasteiger partial charge in [-0.1, -0.05) is 44.7 Å². The van der Waals surface area contributed by atoms with Crippen LogP contribution in [0.3, 0.4) is 0 Å². The molecule has 90 valence electrons. The Hall–Kier alpha value is -0.770. The summed E-state index contributed by atoms with van der Waals surface area (Å²) in [6.07, 6.45) is 6.40. The first-order chi connectivity index (χ1) is 7.24. The molecule has 0 aliphatic carbocycles. The predicted octanol–water partition coefficient (Wildman–Crippen LogP) is 2.03. The van der Waals surface area contributed by atoms with E-state index in [-0.39, 0.29) is 0 Å². The molecule has 0 spiro atoms. The molecule has 0 unspecified atom stereocenters. The van der Waals surface area contributed by atoms with E-state index in [9.17, 15) is 0 Å². The fourth-order valence-corrected chi connectivity index (χ4v) is 1.55. The van der Waals surface area contributed by atoms with Gasteiger partial charge in [-0.15, -0.1) is 0 Å². The number of hydrogen-bond donors (Lipinski definition) is 2. The van der Waals surface area contributed by atoms with Crippen molar-refractivity contribution in [3.8, 4) is 0 Å². The largest absolute Gasteiger partial charge is 0.409 e. The molecule has 0 aromatic rings. The quantitative estimate of drug-likeness (QED) is 0.203. The second-order valence-corrected chi connectivity index (χ2v) is 3.87. The molecule has 4 nitrogen and oxygen atoms in total. The van der Waals surface area contributed by atoms with E-state index < -0.39 is 0 Å². The highest BCUT2D eigenvalue weighted by molar-refractivity contribution is 5.81. The third kappa shape index (κ3) is 8.24. The van der Waals surface area contributed by atoms with Crippen molar-refractivity contribution in [2.24, 2.45) is 10.9 Å². The van der Waals surface area contributed by atoms with Crippen LogP contribution in [0.25, 0.3) is 0 Å². The molecule has 0 aromatic carbocycles. The van der Waals surface area contributed by atoms with Crippen molar-refractivity contribution in [2.75, 3.05) is 19.6 Å². The molecule has 0 bridgehead atoms. The standard InChI is InChI=1S/C11H25N3O/c1-3-5-6-7-8-9-14(4-2)10-11(12)13-15/h15H,3-10H2,1-2H3,(H2,12,13). The van der Waals surface area contributed by atoms with Crippen molar-refractivity contribution >= 4 is 5.84 Å². The molecular weight excluding hydrogens is 190 g/mol. The first-order valence-corrected chi connectivity index (χ1v) is 5.93. The highest BCUT2D eigenvalue weighted by Gasteiger charge is 2.04. The fraction of sp³-hybridized carbons (Fsp3) is 0.909. The van der Waals surface area contributed by atoms with Gasteiger partial charge in [-0.05, 0) is 19.5 Å². The molecule has 15 heavy (non-hydrogen) atoms. The van der Waals surface area contributed by atoms with Gasteiger partial charge >= 0.3 is 0 Å². The van der Waals surface area contributed by atoms with Crippen LogP contribution in [0.1, 0.15) is 46.0 Å². The lowest BCUT2D eigenvalue weighted by Gasteiger charge is -2.19. The fourth-order valence-electron chi connectivity index (χ4n) is 1.55. The van der Waals surface area contributed by atoms with Crippen LogP contribution in [-0.4, -0.2) is 35.6 Å². The number of likely N-dealkylation sites (N-methyl/N-ethyl adjacent to an activating group) is 1. The molecule has 0 fully saturated rings. The summed E-state index contributed by atoms with van der Waals surface area (Å²) in [7, 11) is 0. The lowest BCUT2D eigenvalue weighted by molar-refractivity contribution is 0.294. The molecule has 0 radical (unpaired) electrons. The zero-order chi connectivity index (χ0) is 11.5. The molecule has 4 heteroatoms. The van der Waals surface area contributed by atoms with Crippen LogP contribution in [0.2, 0.25) is 0 Å². The van der Waals surface area contributed by atoms with E-state index in [2.05, 4.69) is 23.9 Å². The van der Waals surface area contributed by atoms with Crippen molar-refractivity contribution in [1.82, 2.24) is 4.90 Å². The molecule has 0 aromatic heterocycles. The second kappa shape index (κ2) is 9.77. The average molecular weight is 215 g/mol. The van der Waals surface area contributed by atoms with E-state index in [1.54, 1.807) is 0 Å². The minimum Gasteiger partial charge on any atom is -0.409 e. The summed E-state index contributed by atoms with van der Waals surface area (Å²) in [5, 5.41) is 11.4. The first kappa shape index (κ1) is 14.2. The average Bonchev–Trinajstić information content (AvgIpc) is 2.26. The highest BCUT2D eigenvalue weighted by atomic mass is 16.4. The van der Waals surface area contributed by atoms with Crippen LogP contribution in [0.15, 0.2) is 5.16 Å². The van der Waals surface area contributed by atoms with Crippen molar-refractivity contribution < 1.29 is 5.21 Å². The van der Waals surface area contributed by atoms with Crippen LogP contribution >= 0.6 is 0 Å². The van der Waals surface area contributed by atoms with Crippen LogP contribution < -0.4 is 5.73 Å². The number of rotatable bonds is 9. The Bertz CT molecular complexity index is 171. The summed E-state index contributed by atoms with van der Waals surface area (Å²) in [5.41, 5.74) is 5.46. The van der Waals surface area contributed by atoms with Crippen LogP contribution in [0.5, 0.6) is 0 Å². The lowest BCUT2D eigenvalue weighted by Crippen LogP contribution is -2.34. The van der Waals surface area contributed by atoms with Gasteiger partial charge < -0.3 is 10.9 Å². The Morgan fingerprint density at radius 1 is 1.20 bits per heavy atom. The number of nitrogens with two attached hydrogens (primary N) is 1. The maximum Gasteiger partial charge on any atom is 0.153 e. The van der Waals surface area contributed by atoms with E-state index in [1.165, 1.54) is 32.1 Å². The minimum absolute atomic E-state index is 0.297. The van der Waals surface area contributed by atoms with E-state index in [1.807, 2.05) is 0 Å². The Balaban J connectivity index is 3.53. The van der Waals surface area contributed by atoms with Crippen LogP contribution in [0, 0.1) is 0 Å². The minimum atomic E-state index is 0.297. The van der Waals surface area contributed by atoms with Gasteiger partial charge in [-0.2, -0.15) is 0 Å². The molecular formula is C11H25N3O. The van der Waals surface area contributed by atoms with Crippen molar-refractivity contribution in [3.63, 3.8) is 0 Å². The van der Waals surface area contributed by atoms with Gasteiger partial charge in [0, 0.05) is 0 Å². The third-order valence-electron chi connectivity index (χ3n) is 2.54. The van der Waals surface area contributed by atoms with E-state index in [4.69, 9.17) is 10.9 Å². The number of unbranched alkanes of at least 4 members (excludes halogenated alkanes) is 4. The lowest BCUT2D eigenvalue weighted by atomic mass is 10.1. The number of amidine groups is 1. The Morgan fingerprint density at radius 3 is 2.40 bits per heavy atom. The van der Waals surface area contributed by atoms with Crippen molar-refractivity contribution in [2.45, 2.75) is 46.0 Å². The molecule has 0 aliphatic heterocycles. The summed E-state index contributed by atoms with van der Waals surface area (Å²) in [6, 6.07) is 0. The van der Waals surface area contributed by atoms with Gasteiger partial charge in [0.15, 0.2) is 5.84 Å². The molecule has 0 aliphatic rings. The van der Waals surface area contributed by atoms with E-state index in [0.29, 0.717) is 12.4 Å². The Morgan fingerprint density at radius 2 is 1.87 bits per heavy atom. The predicted molar refractivity (Wildman–Crippen MR) is 64.3 cm³/mol. The second-order valence-electron chi connectivity index (χ2n) is 3.87. The van der Waals surface area contributed by atoms with Gasteiger partial charge in [-0.25, -0.2) is 0 Å². The normalized spacial score (nSPS) is 12.3. The molecule has 3 N–H and O–H groups in total. The number of oxime groups is 1. The highest BCUT2D eigenvalue weighted by Crippen LogP contribution is 2.03. The summed E-state index contributed by atoms with van der Waals surface area (Å²) < 4.78 is 0. The topological polar surface area (TPSA) is 61.8 Å². The van der Waals surface area contributed by atoms with Gasteiger partial charge in [0.05, 0.1) is 6.54 Å². The van der Waals surface area contributed by atoms with E-state index in [0.717, 1.165) is 13.1 Å². The molecule has 0 atom stereocenters. The Labute approximate surface area is 93.1 Å². The molecule has 0 saturated heterocycles. The Kier molecular flexibility index (Phi) is 9.27. The molecule has 0 heterocycles. The van der Waals surface area contributed by atoms with Crippen LogP contribution in [-0.2, 0) is 0 Å². The molecule has 0 amide bonds. The number of nitrogens with zero attached hydrogens (tertiary/aromatic N) is 2. The molecule has 0 rings (SSSR count). The van der Waals surface area contributed by atoms with Gasteiger partial charge in [0.2, 0.25) is 0 Å². The smallest absolute Gasteiger partial charge is 0.153 e. The van der Waals surface area contributed by atoms with Crippen molar-refractivity contribution in [1.29, 1.82) is 0 Å². The summed E-state index contributed by atoms with van der Waals surface area (Å²) in [4.78, 5) is 2.20. The van der Waals surface area contributed by atoms with Gasteiger partial charge in [-0.3, -0.25) is 4.90 Å². The van der Waals surface area contributed by atoms with Crippen molar-refractivity contribution in [3.05, 3.63) is 0 Å². The molecule has 0 saturated carbocycles. The zero-order valence-corrected chi connectivity index (χ0v) is 10.1. The summed E-state index contributed by atoms with van der Waals surface area (Å²) >= 11 is 0. The SMILES string of the molecule is CCCCCCCN(CC)CC(N)=NO. The summed E-state index contributed by atoms with van der Waals surface area (Å²) in [5.74, 6) is 0.297. The third-order valence-corrected chi connectivity index (χ3v) is 2.54. The van der Waals surface area contributed by atoms with Crippen LogP contribution in [0.4, 0.5) is 0 Å². The maximum absolute atomic E-state index is 8.46. The monoisotopic (exact) mass is 215 g/mol. The first-order valence-electron chi connectivity index (χ1n) is 5.93. The van der Waals surface area contributed by atoms with Gasteiger partial charge in [0.1, 0.15) is 0 Å². The van der Waals surface area contributed by atoms with Gasteiger partial charge in [0.25, 0.3) is 0 Å². The van der Waals surface area contributed by atoms with E-state index >= 15 is 0 Å². The summed E-state index contributed by atoms with van der Waals surface area (Å²) in [6.45, 7) is 6.87. The zero-order valence-electron chi connectivity index (χ0n) is 10.1.